The summed E-state index contributed by atoms with van der Waals surface area (Å²) in [5.41, 5.74) is 7.27. The first kappa shape index (κ1) is 11.7. The van der Waals surface area contributed by atoms with E-state index in [4.69, 9.17) is 15.6 Å². The molecule has 4 nitrogen and oxygen atoms in total. The molecule has 0 aromatic heterocycles. The summed E-state index contributed by atoms with van der Waals surface area (Å²) in [5.74, 6) is 0.731. The van der Waals surface area contributed by atoms with Gasteiger partial charge < -0.3 is 20.9 Å². The number of hydrogen-bond acceptors (Lipinski definition) is 4. The Labute approximate surface area is 90.1 Å². The number of nitrogen functional groups attached to an aromatic ring is 1. The second kappa shape index (κ2) is 5.46. The highest BCUT2D eigenvalue weighted by molar-refractivity contribution is 5.59. The van der Waals surface area contributed by atoms with E-state index in [0.717, 1.165) is 11.4 Å². The quantitative estimate of drug-likeness (QED) is 0.644. The third kappa shape index (κ3) is 4.08. The lowest BCUT2D eigenvalue weighted by Crippen LogP contribution is -2.09. The lowest BCUT2D eigenvalue weighted by Gasteiger charge is -2.10. The minimum absolute atomic E-state index is 0.291. The third-order valence-corrected chi connectivity index (χ3v) is 2.06. The van der Waals surface area contributed by atoms with Gasteiger partial charge in [-0.1, -0.05) is 0 Å². The minimum atomic E-state index is -0.291. The molecule has 1 unspecified atom stereocenters. The zero-order valence-electron chi connectivity index (χ0n) is 9.16. The van der Waals surface area contributed by atoms with Gasteiger partial charge in [-0.3, -0.25) is 0 Å². The Kier molecular flexibility index (Phi) is 4.24. The van der Waals surface area contributed by atoms with Crippen molar-refractivity contribution in [3.8, 4) is 5.75 Å². The van der Waals surface area contributed by atoms with Crippen molar-refractivity contribution in [1.82, 2.24) is 0 Å². The summed E-state index contributed by atoms with van der Waals surface area (Å²) in [5, 5.41) is 12.3. The van der Waals surface area contributed by atoms with Gasteiger partial charge in [0.05, 0.1) is 13.2 Å². The van der Waals surface area contributed by atoms with Crippen molar-refractivity contribution < 1.29 is 9.84 Å². The molecule has 0 aliphatic heterocycles. The van der Waals surface area contributed by atoms with E-state index in [9.17, 15) is 0 Å². The Hall–Kier alpha value is -1.42. The Morgan fingerprint density at radius 1 is 1.47 bits per heavy atom. The third-order valence-electron chi connectivity index (χ3n) is 2.06. The Bertz CT molecular complexity index is 313. The van der Waals surface area contributed by atoms with E-state index in [-0.39, 0.29) is 6.10 Å². The summed E-state index contributed by atoms with van der Waals surface area (Å²) in [4.78, 5) is 0. The topological polar surface area (TPSA) is 67.5 Å². The van der Waals surface area contributed by atoms with Crippen LogP contribution in [0.15, 0.2) is 18.2 Å². The fourth-order valence-corrected chi connectivity index (χ4v) is 1.27. The van der Waals surface area contributed by atoms with Crippen LogP contribution in [0.5, 0.6) is 5.75 Å². The second-order valence-corrected chi connectivity index (χ2v) is 3.56. The van der Waals surface area contributed by atoms with Crippen LogP contribution in [0.1, 0.15) is 13.3 Å². The molecule has 0 amide bonds. The maximum absolute atomic E-state index is 9.10. The van der Waals surface area contributed by atoms with Crippen LogP contribution >= 0.6 is 0 Å². The van der Waals surface area contributed by atoms with E-state index in [1.54, 1.807) is 20.1 Å². The molecule has 0 fully saturated rings. The number of nitrogens with two attached hydrogens (primary N) is 1. The normalized spacial score (nSPS) is 12.2. The van der Waals surface area contributed by atoms with Gasteiger partial charge in [0.25, 0.3) is 0 Å². The molecule has 4 N–H and O–H groups in total. The molecule has 0 heterocycles. The molecule has 1 aromatic rings. The van der Waals surface area contributed by atoms with Crippen LogP contribution < -0.4 is 15.8 Å². The fourth-order valence-electron chi connectivity index (χ4n) is 1.27. The molecule has 0 radical (unpaired) electrons. The fraction of sp³-hybridized carbons (Fsp3) is 0.455. The number of ether oxygens (including phenoxy) is 1. The van der Waals surface area contributed by atoms with Gasteiger partial charge in [0.2, 0.25) is 0 Å². The van der Waals surface area contributed by atoms with Gasteiger partial charge in [-0.15, -0.1) is 0 Å². The summed E-state index contributed by atoms with van der Waals surface area (Å²) in [6.45, 7) is 2.48. The molecule has 4 heteroatoms. The average Bonchev–Trinajstić information content (AvgIpc) is 2.16. The summed E-state index contributed by atoms with van der Waals surface area (Å²) in [7, 11) is 1.61. The van der Waals surface area contributed by atoms with Gasteiger partial charge in [0.1, 0.15) is 5.75 Å². The standard InChI is InChI=1S/C11H18N2O2/c1-8(14)3-4-13-10-5-9(12)6-11(7-10)15-2/h5-8,13-14H,3-4,12H2,1-2H3. The molecule has 0 saturated heterocycles. The van der Waals surface area contributed by atoms with Gasteiger partial charge in [0.15, 0.2) is 0 Å². The summed E-state index contributed by atoms with van der Waals surface area (Å²) < 4.78 is 5.09. The zero-order chi connectivity index (χ0) is 11.3. The summed E-state index contributed by atoms with van der Waals surface area (Å²) in [6, 6.07) is 5.48. The minimum Gasteiger partial charge on any atom is -0.497 e. The number of rotatable bonds is 5. The number of methoxy groups -OCH3 is 1. The number of benzene rings is 1. The van der Waals surface area contributed by atoms with Crippen LogP contribution in [0.3, 0.4) is 0 Å². The van der Waals surface area contributed by atoms with Crippen molar-refractivity contribution >= 4 is 11.4 Å². The molecule has 0 spiro atoms. The lowest BCUT2D eigenvalue weighted by molar-refractivity contribution is 0.189. The zero-order valence-corrected chi connectivity index (χ0v) is 9.16. The van der Waals surface area contributed by atoms with Crippen LogP contribution in [0, 0.1) is 0 Å². The molecular formula is C11H18N2O2. The van der Waals surface area contributed by atoms with Crippen molar-refractivity contribution in [2.75, 3.05) is 24.7 Å². The number of hydrogen-bond donors (Lipinski definition) is 3. The summed E-state index contributed by atoms with van der Waals surface area (Å²) in [6.07, 6.45) is 0.414. The lowest BCUT2D eigenvalue weighted by atomic mass is 10.2. The van der Waals surface area contributed by atoms with Gasteiger partial charge in [0, 0.05) is 30.1 Å². The molecule has 0 aliphatic rings. The van der Waals surface area contributed by atoms with Crippen molar-refractivity contribution in [3.05, 3.63) is 18.2 Å². The number of aliphatic hydroxyl groups is 1. The molecule has 0 bridgehead atoms. The van der Waals surface area contributed by atoms with Crippen LogP contribution in [0.25, 0.3) is 0 Å². The van der Waals surface area contributed by atoms with Gasteiger partial charge in [-0.2, -0.15) is 0 Å². The number of aliphatic hydroxyl groups excluding tert-OH is 1. The predicted octanol–water partition coefficient (Wildman–Crippen LogP) is 1.46. The van der Waals surface area contributed by atoms with Gasteiger partial charge in [-0.25, -0.2) is 0 Å². The average molecular weight is 210 g/mol. The van der Waals surface area contributed by atoms with Crippen molar-refractivity contribution in [2.24, 2.45) is 0 Å². The van der Waals surface area contributed by atoms with Crippen molar-refractivity contribution in [1.29, 1.82) is 0 Å². The Morgan fingerprint density at radius 2 is 2.20 bits per heavy atom. The van der Waals surface area contributed by atoms with E-state index in [1.807, 2.05) is 12.1 Å². The Morgan fingerprint density at radius 3 is 2.80 bits per heavy atom. The van der Waals surface area contributed by atoms with E-state index < -0.39 is 0 Å². The number of nitrogens with one attached hydrogen (secondary N) is 1. The Balaban J connectivity index is 2.56. The maximum Gasteiger partial charge on any atom is 0.122 e. The second-order valence-electron chi connectivity index (χ2n) is 3.56. The predicted molar refractivity (Wildman–Crippen MR) is 62.2 cm³/mol. The van der Waals surface area contributed by atoms with E-state index in [0.29, 0.717) is 18.7 Å². The first-order valence-electron chi connectivity index (χ1n) is 4.98. The van der Waals surface area contributed by atoms with Crippen LogP contribution in [0.4, 0.5) is 11.4 Å². The van der Waals surface area contributed by atoms with E-state index in [2.05, 4.69) is 5.32 Å². The van der Waals surface area contributed by atoms with E-state index >= 15 is 0 Å². The van der Waals surface area contributed by atoms with E-state index in [1.165, 1.54) is 0 Å². The summed E-state index contributed by atoms with van der Waals surface area (Å²) >= 11 is 0. The first-order valence-corrected chi connectivity index (χ1v) is 4.98. The van der Waals surface area contributed by atoms with Crippen LogP contribution in [-0.4, -0.2) is 24.9 Å². The molecule has 0 saturated carbocycles. The molecule has 1 aromatic carbocycles. The molecule has 1 rings (SSSR count). The van der Waals surface area contributed by atoms with Gasteiger partial charge >= 0.3 is 0 Å². The SMILES string of the molecule is COc1cc(N)cc(NCCC(C)O)c1. The largest absolute Gasteiger partial charge is 0.497 e. The molecule has 84 valence electrons. The van der Waals surface area contributed by atoms with Crippen LogP contribution in [-0.2, 0) is 0 Å². The van der Waals surface area contributed by atoms with Crippen molar-refractivity contribution in [2.45, 2.75) is 19.4 Å². The maximum atomic E-state index is 9.10. The molecule has 1 atom stereocenters. The van der Waals surface area contributed by atoms with Crippen molar-refractivity contribution in [3.63, 3.8) is 0 Å². The highest BCUT2D eigenvalue weighted by Gasteiger charge is 1.99. The molecular weight excluding hydrogens is 192 g/mol. The monoisotopic (exact) mass is 210 g/mol. The molecule has 0 aliphatic carbocycles. The van der Waals surface area contributed by atoms with Crippen LogP contribution in [0.2, 0.25) is 0 Å². The molecule has 15 heavy (non-hydrogen) atoms. The highest BCUT2D eigenvalue weighted by Crippen LogP contribution is 2.22. The first-order chi connectivity index (χ1) is 7.11. The highest BCUT2D eigenvalue weighted by atomic mass is 16.5. The van der Waals surface area contributed by atoms with Gasteiger partial charge in [-0.05, 0) is 19.4 Å². The smallest absolute Gasteiger partial charge is 0.122 e. The number of anilines is 2.